The molecule has 0 saturated carbocycles. The number of carbonyl (C=O) groups excluding carboxylic acids is 1. The van der Waals surface area contributed by atoms with E-state index < -0.39 is 7.12 Å². The van der Waals surface area contributed by atoms with Crippen molar-refractivity contribution in [3.8, 4) is 0 Å². The number of benzene rings is 1. The highest BCUT2D eigenvalue weighted by atomic mass is 16.4. The second-order valence-corrected chi connectivity index (χ2v) is 2.52. The molecule has 0 fully saturated rings. The monoisotopic (exact) mass is 162 g/mol. The van der Waals surface area contributed by atoms with Crippen LogP contribution in [-0.4, -0.2) is 30.7 Å². The fourth-order valence-electron chi connectivity index (χ4n) is 1.04. The summed E-state index contributed by atoms with van der Waals surface area (Å²) in [6.07, 6.45) is 0. The largest absolute Gasteiger partial charge is 0.489 e. The van der Waals surface area contributed by atoms with Gasteiger partial charge in [0, 0.05) is 5.56 Å². The van der Waals surface area contributed by atoms with Gasteiger partial charge in [-0.05, 0) is 5.46 Å². The minimum Gasteiger partial charge on any atom is -0.423 e. The van der Waals surface area contributed by atoms with Crippen molar-refractivity contribution in [1.82, 2.24) is 0 Å². The summed E-state index contributed by atoms with van der Waals surface area (Å²) in [5.41, 5.74) is 0.441. The van der Waals surface area contributed by atoms with Crippen LogP contribution < -0.4 is 5.46 Å². The lowest BCUT2D eigenvalue weighted by molar-refractivity contribution is 0.108. The van der Waals surface area contributed by atoms with Crippen molar-refractivity contribution in [1.29, 1.82) is 0 Å². The summed E-state index contributed by atoms with van der Waals surface area (Å²) in [6.45, 7) is 0. The van der Waals surface area contributed by atoms with Crippen LogP contribution in [0.4, 0.5) is 0 Å². The van der Waals surface area contributed by atoms with Gasteiger partial charge in [-0.3, -0.25) is 0 Å². The van der Waals surface area contributed by atoms with Crippen molar-refractivity contribution < 1.29 is 14.8 Å². The van der Waals surface area contributed by atoms with Crippen LogP contribution in [0, 0.1) is 0 Å². The molecule has 0 spiro atoms. The molecule has 0 saturated heterocycles. The number of rotatable bonds is 2. The van der Waals surface area contributed by atoms with Crippen LogP contribution in [-0.2, 0) is 0 Å². The van der Waals surface area contributed by atoms with Gasteiger partial charge in [0.05, 0.1) is 0 Å². The molecule has 0 heterocycles. The van der Waals surface area contributed by atoms with E-state index in [1.807, 2.05) is 0 Å². The maximum Gasteiger partial charge on any atom is 0.489 e. The zero-order chi connectivity index (χ0) is 9.14. The van der Waals surface area contributed by atoms with Crippen LogP contribution in [0.1, 0.15) is 10.4 Å². The van der Waals surface area contributed by atoms with Gasteiger partial charge in [-0.2, -0.15) is 0 Å². The molecule has 0 radical (unpaired) electrons. The van der Waals surface area contributed by atoms with E-state index in [4.69, 9.17) is 10.0 Å². The third-order valence-electron chi connectivity index (χ3n) is 1.62. The van der Waals surface area contributed by atoms with E-state index in [1.54, 1.807) is 18.2 Å². The summed E-state index contributed by atoms with van der Waals surface area (Å²) in [5.74, 6) is 0. The Balaban J connectivity index is 3.17. The summed E-state index contributed by atoms with van der Waals surface area (Å²) in [7, 11) is -0.189. The minimum absolute atomic E-state index is 0.168. The second kappa shape index (κ2) is 3.56. The predicted molar refractivity (Wildman–Crippen MR) is 49.1 cm³/mol. The Kier molecular flexibility index (Phi) is 2.68. The molecule has 5 heteroatoms. The van der Waals surface area contributed by atoms with Crippen molar-refractivity contribution in [2.24, 2.45) is 0 Å². The summed E-state index contributed by atoms with van der Waals surface area (Å²) < 4.78 is 0. The van der Waals surface area contributed by atoms with Gasteiger partial charge in [0.15, 0.2) is 7.85 Å². The average molecular weight is 162 g/mol. The van der Waals surface area contributed by atoms with Crippen LogP contribution in [0.3, 0.4) is 0 Å². The lowest BCUT2D eigenvalue weighted by Gasteiger charge is -2.04. The van der Waals surface area contributed by atoms with Crippen molar-refractivity contribution in [2.45, 2.75) is 0 Å². The molecular weight excluding hydrogens is 154 g/mol. The molecule has 1 aromatic carbocycles. The van der Waals surface area contributed by atoms with Crippen LogP contribution in [0.5, 0.6) is 0 Å². The van der Waals surface area contributed by atoms with Gasteiger partial charge in [0.25, 0.3) is 0 Å². The molecule has 3 nitrogen and oxygen atoms in total. The van der Waals surface area contributed by atoms with E-state index in [2.05, 4.69) is 0 Å². The number of hydrogen-bond acceptors (Lipinski definition) is 3. The Morgan fingerprint density at radius 3 is 2.33 bits per heavy atom. The zero-order valence-electron chi connectivity index (χ0n) is 6.69. The van der Waals surface area contributed by atoms with Crippen LogP contribution >= 0.6 is 0 Å². The van der Waals surface area contributed by atoms with E-state index in [1.165, 1.54) is 13.9 Å². The summed E-state index contributed by atoms with van der Waals surface area (Å²) in [4.78, 5) is 10.9. The topological polar surface area (TPSA) is 57.5 Å². The molecule has 1 aromatic rings. The van der Waals surface area contributed by atoms with E-state index in [0.717, 1.165) is 0 Å². The van der Waals surface area contributed by atoms with Gasteiger partial charge in [0.1, 0.15) is 5.68 Å². The molecule has 0 aliphatic carbocycles. The molecule has 0 bridgehead atoms. The van der Waals surface area contributed by atoms with Crippen LogP contribution in [0.25, 0.3) is 0 Å². The second-order valence-electron chi connectivity index (χ2n) is 2.52. The third kappa shape index (κ3) is 1.75. The highest BCUT2D eigenvalue weighted by Crippen LogP contribution is 1.95. The first-order valence-electron chi connectivity index (χ1n) is 3.59. The maximum absolute atomic E-state index is 10.9. The van der Waals surface area contributed by atoms with Gasteiger partial charge in [-0.1, -0.05) is 24.3 Å². The number of hydrogen-bond donors (Lipinski definition) is 2. The molecule has 1 rings (SSSR count). The molecule has 60 valence electrons. The van der Waals surface area contributed by atoms with Gasteiger partial charge in [-0.15, -0.1) is 0 Å². The fourth-order valence-corrected chi connectivity index (χ4v) is 1.04. The quantitative estimate of drug-likeness (QED) is 0.501. The molecule has 0 aliphatic heterocycles. The highest BCUT2D eigenvalue weighted by Gasteiger charge is 2.16. The van der Waals surface area contributed by atoms with Crippen molar-refractivity contribution in [2.75, 3.05) is 0 Å². The molecule has 12 heavy (non-hydrogen) atoms. The maximum atomic E-state index is 10.9. The van der Waals surface area contributed by atoms with Crippen LogP contribution in [0.2, 0.25) is 0 Å². The summed E-state index contributed by atoms with van der Waals surface area (Å²) >= 11 is 0. The molecular formula is C7H8B2O3. The summed E-state index contributed by atoms with van der Waals surface area (Å²) in [6, 6.07) is 6.42. The lowest BCUT2D eigenvalue weighted by atomic mass is 9.74. The average Bonchev–Trinajstić information content (AvgIpc) is 2.04. The van der Waals surface area contributed by atoms with E-state index in [0.29, 0.717) is 5.56 Å². The van der Waals surface area contributed by atoms with Crippen LogP contribution in [0.15, 0.2) is 24.3 Å². The Bertz CT molecular complexity index is 298. The number of carbonyl (C=O) groups is 1. The fraction of sp³-hybridized carbons (Fsp3) is 0. The van der Waals surface area contributed by atoms with Gasteiger partial charge >= 0.3 is 7.12 Å². The highest BCUT2D eigenvalue weighted by molar-refractivity contribution is 6.68. The third-order valence-corrected chi connectivity index (χ3v) is 1.62. The molecule has 0 amide bonds. The van der Waals surface area contributed by atoms with Gasteiger partial charge in [-0.25, -0.2) is 0 Å². The van der Waals surface area contributed by atoms with E-state index in [9.17, 15) is 4.79 Å². The zero-order valence-corrected chi connectivity index (χ0v) is 6.69. The Labute approximate surface area is 71.6 Å². The molecule has 2 N–H and O–H groups in total. The van der Waals surface area contributed by atoms with Crippen molar-refractivity contribution >= 4 is 26.1 Å². The minimum atomic E-state index is -1.58. The molecule has 0 aromatic heterocycles. The first-order valence-corrected chi connectivity index (χ1v) is 3.59. The first-order chi connectivity index (χ1) is 5.63. The van der Waals surface area contributed by atoms with Crippen molar-refractivity contribution in [3.63, 3.8) is 0 Å². The van der Waals surface area contributed by atoms with Gasteiger partial charge < -0.3 is 14.8 Å². The summed E-state index contributed by atoms with van der Waals surface area (Å²) in [5, 5.41) is 17.7. The first kappa shape index (κ1) is 9.03. The SMILES string of the molecule is BC(=O)c1ccccc1B(O)O. The standard InChI is InChI=1S/C7H8B2O3/c8-7(10)5-3-1-2-4-6(5)9(11)12/h1-4,11-12H,8H2. The van der Waals surface area contributed by atoms with Crippen molar-refractivity contribution in [3.05, 3.63) is 29.8 Å². The van der Waals surface area contributed by atoms with E-state index in [-0.39, 0.29) is 11.1 Å². The normalized spacial score (nSPS) is 9.50. The van der Waals surface area contributed by atoms with Gasteiger partial charge in [0.2, 0.25) is 0 Å². The Morgan fingerprint density at radius 1 is 1.33 bits per heavy atom. The van der Waals surface area contributed by atoms with E-state index >= 15 is 0 Å². The molecule has 0 unspecified atom stereocenters. The predicted octanol–water partition coefficient (Wildman–Crippen LogP) is -1.86. The Morgan fingerprint density at radius 2 is 1.92 bits per heavy atom. The molecule has 0 aliphatic rings. The molecule has 0 atom stereocenters. The Hall–Kier alpha value is -1.06. The lowest BCUT2D eigenvalue weighted by Crippen LogP contribution is -2.34. The smallest absolute Gasteiger partial charge is 0.423 e.